The Morgan fingerprint density at radius 1 is 1.16 bits per heavy atom. The number of likely N-dealkylation sites (N-methyl/N-ethyl adjacent to an activating group) is 1. The third kappa shape index (κ3) is 4.51. The number of hydrogen-bond donors (Lipinski definition) is 1. The minimum Gasteiger partial charge on any atom is -0.452 e. The molecule has 3 aromatic rings. The lowest BCUT2D eigenvalue weighted by molar-refractivity contribution is -0.119. The second kappa shape index (κ2) is 9.22. The lowest BCUT2D eigenvalue weighted by atomic mass is 9.96. The van der Waals surface area contributed by atoms with Gasteiger partial charge in [-0.05, 0) is 24.7 Å². The standard InChI is InChI=1S/C23H21Cl2N3O3/c1-2-28-11-10-18-15(12-28)21(14-6-3-4-8-17(14)26-18)23(30)31-13-20(29)27-19-9-5-7-16(24)22(19)25/h3-9H,2,10-13H2,1H3,(H,27,29). The molecule has 1 aromatic heterocycles. The van der Waals surface area contributed by atoms with E-state index in [4.69, 9.17) is 32.9 Å². The van der Waals surface area contributed by atoms with Gasteiger partial charge in [-0.15, -0.1) is 0 Å². The molecule has 160 valence electrons. The number of anilines is 1. The van der Waals surface area contributed by atoms with E-state index < -0.39 is 18.5 Å². The van der Waals surface area contributed by atoms with Gasteiger partial charge in [-0.2, -0.15) is 0 Å². The summed E-state index contributed by atoms with van der Waals surface area (Å²) in [6.45, 7) is 4.04. The molecule has 4 rings (SSSR count). The molecule has 0 atom stereocenters. The first-order chi connectivity index (χ1) is 15.0. The van der Waals surface area contributed by atoms with Crippen molar-refractivity contribution in [2.75, 3.05) is 25.0 Å². The number of ether oxygens (including phenoxy) is 1. The number of halogens is 2. The average Bonchev–Trinajstić information content (AvgIpc) is 2.78. The lowest BCUT2D eigenvalue weighted by Crippen LogP contribution is -2.32. The topological polar surface area (TPSA) is 71.5 Å². The lowest BCUT2D eigenvalue weighted by Gasteiger charge is -2.28. The molecule has 8 heteroatoms. The third-order valence-electron chi connectivity index (χ3n) is 5.34. The minimum absolute atomic E-state index is 0.234. The van der Waals surface area contributed by atoms with Crippen LogP contribution in [-0.2, 0) is 22.5 Å². The van der Waals surface area contributed by atoms with Crippen molar-refractivity contribution in [3.8, 4) is 0 Å². The number of benzene rings is 2. The van der Waals surface area contributed by atoms with Crippen molar-refractivity contribution >= 4 is 51.7 Å². The highest BCUT2D eigenvalue weighted by Gasteiger charge is 2.26. The Kier molecular flexibility index (Phi) is 6.41. The number of rotatable bonds is 5. The maximum atomic E-state index is 13.1. The van der Waals surface area contributed by atoms with E-state index in [0.717, 1.165) is 41.7 Å². The normalized spacial score (nSPS) is 13.6. The first kappa shape index (κ1) is 21.6. The smallest absolute Gasteiger partial charge is 0.339 e. The van der Waals surface area contributed by atoms with Gasteiger partial charge in [-0.3, -0.25) is 14.7 Å². The summed E-state index contributed by atoms with van der Waals surface area (Å²) in [5.41, 5.74) is 3.36. The van der Waals surface area contributed by atoms with E-state index in [0.29, 0.717) is 22.8 Å². The van der Waals surface area contributed by atoms with Crippen molar-refractivity contribution in [3.05, 3.63) is 69.3 Å². The number of pyridine rings is 1. The van der Waals surface area contributed by atoms with E-state index in [1.54, 1.807) is 18.2 Å². The Bertz CT molecular complexity index is 1170. The summed E-state index contributed by atoms with van der Waals surface area (Å²) < 4.78 is 5.40. The molecule has 1 aliphatic rings. The van der Waals surface area contributed by atoms with Crippen LogP contribution in [0.5, 0.6) is 0 Å². The molecule has 1 aliphatic heterocycles. The number of carbonyl (C=O) groups is 2. The van der Waals surface area contributed by atoms with Gasteiger partial charge in [0.05, 0.1) is 26.8 Å². The molecule has 31 heavy (non-hydrogen) atoms. The van der Waals surface area contributed by atoms with Crippen LogP contribution < -0.4 is 5.32 Å². The van der Waals surface area contributed by atoms with Crippen molar-refractivity contribution < 1.29 is 14.3 Å². The molecule has 0 spiro atoms. The monoisotopic (exact) mass is 457 g/mol. The molecule has 0 saturated carbocycles. The molecular weight excluding hydrogens is 437 g/mol. The molecule has 1 amide bonds. The Morgan fingerprint density at radius 2 is 1.97 bits per heavy atom. The highest BCUT2D eigenvalue weighted by molar-refractivity contribution is 6.44. The molecule has 0 fully saturated rings. The zero-order valence-electron chi connectivity index (χ0n) is 17.0. The van der Waals surface area contributed by atoms with Crippen molar-refractivity contribution in [2.45, 2.75) is 19.9 Å². The van der Waals surface area contributed by atoms with Gasteiger partial charge < -0.3 is 10.1 Å². The van der Waals surface area contributed by atoms with Gasteiger partial charge in [-0.1, -0.05) is 54.4 Å². The van der Waals surface area contributed by atoms with Crippen LogP contribution in [-0.4, -0.2) is 41.5 Å². The van der Waals surface area contributed by atoms with Crippen LogP contribution in [0.25, 0.3) is 10.9 Å². The van der Waals surface area contributed by atoms with Gasteiger partial charge in [0, 0.05) is 36.2 Å². The van der Waals surface area contributed by atoms with Crippen LogP contribution in [0.3, 0.4) is 0 Å². The molecule has 0 saturated heterocycles. The Balaban J connectivity index is 1.57. The van der Waals surface area contributed by atoms with E-state index in [1.165, 1.54) is 0 Å². The summed E-state index contributed by atoms with van der Waals surface area (Å²) in [6, 6.07) is 12.4. The van der Waals surface area contributed by atoms with Crippen molar-refractivity contribution in [1.82, 2.24) is 9.88 Å². The first-order valence-corrected chi connectivity index (χ1v) is 10.8. The number of nitrogens with zero attached hydrogens (tertiary/aromatic N) is 2. The zero-order chi connectivity index (χ0) is 22.0. The van der Waals surface area contributed by atoms with Crippen molar-refractivity contribution in [2.24, 2.45) is 0 Å². The van der Waals surface area contributed by atoms with Gasteiger partial charge in [-0.25, -0.2) is 4.79 Å². The van der Waals surface area contributed by atoms with Gasteiger partial charge in [0.15, 0.2) is 6.61 Å². The molecule has 0 radical (unpaired) electrons. The fourth-order valence-electron chi connectivity index (χ4n) is 3.74. The van der Waals surface area contributed by atoms with Crippen LogP contribution in [0.15, 0.2) is 42.5 Å². The number of hydrogen-bond acceptors (Lipinski definition) is 5. The number of carbonyl (C=O) groups excluding carboxylic acids is 2. The van der Waals surface area contributed by atoms with Gasteiger partial charge >= 0.3 is 5.97 Å². The second-order valence-electron chi connectivity index (χ2n) is 7.27. The third-order valence-corrected chi connectivity index (χ3v) is 6.16. The number of amides is 1. The Hall–Kier alpha value is -2.67. The predicted molar refractivity (Wildman–Crippen MR) is 122 cm³/mol. The van der Waals surface area contributed by atoms with Crippen LogP contribution in [0, 0.1) is 0 Å². The quantitative estimate of drug-likeness (QED) is 0.561. The fourth-order valence-corrected chi connectivity index (χ4v) is 4.09. The molecule has 6 nitrogen and oxygen atoms in total. The highest BCUT2D eigenvalue weighted by atomic mass is 35.5. The number of nitrogens with one attached hydrogen (secondary N) is 1. The molecule has 1 N–H and O–H groups in total. The maximum absolute atomic E-state index is 13.1. The Labute approximate surface area is 190 Å². The Morgan fingerprint density at radius 3 is 2.77 bits per heavy atom. The summed E-state index contributed by atoms with van der Waals surface area (Å²) in [7, 11) is 0. The second-order valence-corrected chi connectivity index (χ2v) is 8.06. The minimum atomic E-state index is -0.542. The van der Waals surface area contributed by atoms with Crippen LogP contribution in [0.4, 0.5) is 5.69 Å². The maximum Gasteiger partial charge on any atom is 0.339 e. The van der Waals surface area contributed by atoms with E-state index in [9.17, 15) is 9.59 Å². The van der Waals surface area contributed by atoms with E-state index in [-0.39, 0.29) is 5.02 Å². The van der Waals surface area contributed by atoms with Crippen LogP contribution in [0.2, 0.25) is 10.0 Å². The van der Waals surface area contributed by atoms with Gasteiger partial charge in [0.2, 0.25) is 0 Å². The molecule has 0 aliphatic carbocycles. The molecular formula is C23H21Cl2N3O3. The van der Waals surface area contributed by atoms with Crippen LogP contribution in [0.1, 0.15) is 28.5 Å². The number of para-hydroxylation sites is 1. The fraction of sp³-hybridized carbons (Fsp3) is 0.261. The number of esters is 1. The summed E-state index contributed by atoms with van der Waals surface area (Å²) in [4.78, 5) is 32.5. The van der Waals surface area contributed by atoms with E-state index >= 15 is 0 Å². The largest absolute Gasteiger partial charge is 0.452 e. The van der Waals surface area contributed by atoms with Crippen molar-refractivity contribution in [1.29, 1.82) is 0 Å². The molecule has 2 aromatic carbocycles. The molecule has 0 bridgehead atoms. The summed E-state index contributed by atoms with van der Waals surface area (Å²) in [6.07, 6.45) is 0.766. The van der Waals surface area contributed by atoms with Crippen LogP contribution >= 0.6 is 23.2 Å². The highest BCUT2D eigenvalue weighted by Crippen LogP contribution is 2.30. The zero-order valence-corrected chi connectivity index (χ0v) is 18.5. The predicted octanol–water partition coefficient (Wildman–Crippen LogP) is 4.72. The molecule has 2 heterocycles. The van der Waals surface area contributed by atoms with Crippen molar-refractivity contribution in [3.63, 3.8) is 0 Å². The first-order valence-electron chi connectivity index (χ1n) is 10.0. The number of aromatic nitrogens is 1. The van der Waals surface area contributed by atoms with Gasteiger partial charge in [0.25, 0.3) is 5.91 Å². The summed E-state index contributed by atoms with van der Waals surface area (Å²) in [5, 5.41) is 3.90. The summed E-state index contributed by atoms with van der Waals surface area (Å²) >= 11 is 12.1. The summed E-state index contributed by atoms with van der Waals surface area (Å²) in [5.74, 6) is -1.04. The van der Waals surface area contributed by atoms with E-state index in [2.05, 4.69) is 17.1 Å². The average molecular weight is 458 g/mol. The number of fused-ring (bicyclic) bond motifs is 2. The van der Waals surface area contributed by atoms with Gasteiger partial charge in [0.1, 0.15) is 0 Å². The van der Waals surface area contributed by atoms with E-state index in [1.807, 2.05) is 24.3 Å². The molecule has 0 unspecified atom stereocenters. The SMILES string of the molecule is CCN1CCc2nc3ccccc3c(C(=O)OCC(=O)Nc3cccc(Cl)c3Cl)c2C1.